The van der Waals surface area contributed by atoms with Gasteiger partial charge in [-0.15, -0.1) is 0 Å². The third-order valence-corrected chi connectivity index (χ3v) is 9.67. The zero-order valence-corrected chi connectivity index (χ0v) is 22.5. The first-order valence-electron chi connectivity index (χ1n) is 13.0. The summed E-state index contributed by atoms with van der Waals surface area (Å²) in [4.78, 5) is 29.2. The third kappa shape index (κ3) is 7.01. The van der Waals surface area contributed by atoms with Gasteiger partial charge >= 0.3 is 12.2 Å². The zero-order valence-electron chi connectivity index (χ0n) is 21.6. The van der Waals surface area contributed by atoms with Gasteiger partial charge in [-0.2, -0.15) is 0 Å². The molecule has 2 heterocycles. The van der Waals surface area contributed by atoms with Gasteiger partial charge in [0.2, 0.25) is 0 Å². The molecule has 0 bridgehead atoms. The van der Waals surface area contributed by atoms with E-state index in [1.54, 1.807) is 4.90 Å². The molecule has 2 saturated heterocycles. The van der Waals surface area contributed by atoms with Crippen molar-refractivity contribution in [3.63, 3.8) is 0 Å². The van der Waals surface area contributed by atoms with Crippen LogP contribution >= 0.6 is 0 Å². The molecule has 3 fully saturated rings. The molecule has 202 valence electrons. The summed E-state index contributed by atoms with van der Waals surface area (Å²) in [6.07, 6.45) is 2.97. The Morgan fingerprint density at radius 1 is 1.09 bits per heavy atom. The number of carbonyl (C=O) groups excluding carboxylic acids is 2. The largest absolute Gasteiger partial charge is 0.453 e. The molecule has 1 aliphatic carbocycles. The predicted molar refractivity (Wildman–Crippen MR) is 134 cm³/mol. The second kappa shape index (κ2) is 12.1. The van der Waals surface area contributed by atoms with Crippen molar-refractivity contribution < 1.29 is 27.5 Å². The number of sulfone groups is 1. The number of nitrogens with zero attached hydrogens (tertiary/aromatic N) is 2. The topological polar surface area (TPSA) is 131 Å². The Balaban J connectivity index is 1.65. The number of methoxy groups -OCH3 is 1. The lowest BCUT2D eigenvalue weighted by atomic mass is 9.73. The summed E-state index contributed by atoms with van der Waals surface area (Å²) in [7, 11) is -1.46. The highest BCUT2D eigenvalue weighted by Gasteiger charge is 2.48. The van der Waals surface area contributed by atoms with Crippen LogP contribution in [0.1, 0.15) is 52.9 Å². The van der Waals surface area contributed by atoms with Crippen molar-refractivity contribution in [1.82, 2.24) is 15.1 Å². The van der Waals surface area contributed by atoms with Crippen LogP contribution in [0.3, 0.4) is 0 Å². The first-order chi connectivity index (χ1) is 16.6. The summed E-state index contributed by atoms with van der Waals surface area (Å²) in [6, 6.07) is -0.420. The standard InChI is InChI=1S/C24H44N4O6S/c1-16(2)34-23(29)27-15-17(3)28(24(30)33-4)21-6-5-19(11-22(21)27)20(12-25)14-26-13-18-7-9-35(31,32)10-8-18/h16-22,26H,5-15,25H2,1-4H3/t17-,19?,20?,21?,22?/m0/s1. The monoisotopic (exact) mass is 516 g/mol. The first-order valence-corrected chi connectivity index (χ1v) is 14.8. The van der Waals surface area contributed by atoms with Crippen LogP contribution in [-0.4, -0.2) is 99.4 Å². The Morgan fingerprint density at radius 2 is 1.77 bits per heavy atom. The number of rotatable bonds is 7. The smallest absolute Gasteiger partial charge is 0.410 e. The van der Waals surface area contributed by atoms with E-state index in [2.05, 4.69) is 5.32 Å². The lowest BCUT2D eigenvalue weighted by Crippen LogP contribution is -2.67. The Morgan fingerprint density at radius 3 is 2.37 bits per heavy atom. The SMILES string of the molecule is COC(=O)N1C2CCC(C(CN)CNCC3CCS(=O)(=O)CC3)CC2N(C(=O)OC(C)C)C[C@@H]1C. The molecule has 0 aromatic heterocycles. The van der Waals surface area contributed by atoms with Crippen molar-refractivity contribution in [2.75, 3.05) is 44.8 Å². The van der Waals surface area contributed by atoms with E-state index in [4.69, 9.17) is 15.2 Å². The van der Waals surface area contributed by atoms with Crippen molar-refractivity contribution in [1.29, 1.82) is 0 Å². The fraction of sp³-hybridized carbons (Fsp3) is 0.917. The summed E-state index contributed by atoms with van der Waals surface area (Å²) < 4.78 is 34.0. The minimum absolute atomic E-state index is 0.113. The van der Waals surface area contributed by atoms with Crippen LogP contribution in [0.5, 0.6) is 0 Å². The summed E-state index contributed by atoms with van der Waals surface area (Å²) in [5.41, 5.74) is 6.20. The molecule has 3 N–H and O–H groups in total. The normalized spacial score (nSPS) is 30.0. The summed E-state index contributed by atoms with van der Waals surface area (Å²) in [5, 5.41) is 3.54. The zero-order chi connectivity index (χ0) is 25.8. The van der Waals surface area contributed by atoms with Gasteiger partial charge in [0.15, 0.2) is 0 Å². The van der Waals surface area contributed by atoms with Crippen LogP contribution in [0, 0.1) is 17.8 Å². The third-order valence-electron chi connectivity index (χ3n) is 7.95. The van der Waals surface area contributed by atoms with Crippen LogP contribution < -0.4 is 11.1 Å². The number of nitrogens with one attached hydrogen (secondary N) is 1. The number of fused-ring (bicyclic) bond motifs is 1. The number of ether oxygens (including phenoxy) is 2. The van der Waals surface area contributed by atoms with Crippen molar-refractivity contribution >= 4 is 22.0 Å². The lowest BCUT2D eigenvalue weighted by molar-refractivity contribution is -0.0448. The molecule has 10 nitrogen and oxygen atoms in total. The van der Waals surface area contributed by atoms with Crippen LogP contribution in [0.15, 0.2) is 0 Å². The molecule has 4 unspecified atom stereocenters. The maximum absolute atomic E-state index is 13.0. The van der Waals surface area contributed by atoms with Gasteiger partial charge in [0, 0.05) is 6.54 Å². The Bertz CT molecular complexity index is 824. The van der Waals surface area contributed by atoms with E-state index >= 15 is 0 Å². The van der Waals surface area contributed by atoms with Crippen molar-refractivity contribution in [3.05, 3.63) is 0 Å². The fourth-order valence-electron chi connectivity index (χ4n) is 6.04. The Labute approximate surface area is 210 Å². The van der Waals surface area contributed by atoms with Crippen LogP contribution in [0.4, 0.5) is 9.59 Å². The molecule has 2 aliphatic heterocycles. The number of hydrogen-bond donors (Lipinski definition) is 2. The summed E-state index contributed by atoms with van der Waals surface area (Å²) in [6.45, 7) is 8.11. The molecule has 11 heteroatoms. The van der Waals surface area contributed by atoms with Crippen LogP contribution in [-0.2, 0) is 19.3 Å². The molecule has 2 amide bonds. The van der Waals surface area contributed by atoms with Gasteiger partial charge < -0.3 is 25.4 Å². The Hall–Kier alpha value is -1.59. The highest BCUT2D eigenvalue weighted by atomic mass is 32.2. The summed E-state index contributed by atoms with van der Waals surface area (Å²) >= 11 is 0. The number of carbonyl (C=O) groups is 2. The minimum atomic E-state index is -2.85. The number of amides is 2. The molecule has 1 saturated carbocycles. The minimum Gasteiger partial charge on any atom is -0.453 e. The molecule has 0 radical (unpaired) electrons. The second-order valence-electron chi connectivity index (χ2n) is 10.8. The number of hydrogen-bond acceptors (Lipinski definition) is 8. The van der Waals surface area contributed by atoms with Crippen LogP contribution in [0.2, 0.25) is 0 Å². The van der Waals surface area contributed by atoms with Crippen molar-refractivity contribution in [3.8, 4) is 0 Å². The van der Waals surface area contributed by atoms with Crippen molar-refractivity contribution in [2.45, 2.75) is 77.1 Å². The molecule has 0 aromatic carbocycles. The van der Waals surface area contributed by atoms with E-state index in [0.717, 1.165) is 32.4 Å². The predicted octanol–water partition coefficient (Wildman–Crippen LogP) is 1.83. The van der Waals surface area contributed by atoms with Crippen molar-refractivity contribution in [2.24, 2.45) is 23.5 Å². The average molecular weight is 517 g/mol. The van der Waals surface area contributed by atoms with Gasteiger partial charge in [0.1, 0.15) is 9.84 Å². The van der Waals surface area contributed by atoms with E-state index in [0.29, 0.717) is 37.8 Å². The quantitative estimate of drug-likeness (QED) is 0.524. The maximum atomic E-state index is 13.0. The van der Waals surface area contributed by atoms with E-state index in [1.807, 2.05) is 25.7 Å². The molecule has 3 aliphatic rings. The Kier molecular flexibility index (Phi) is 9.67. The first kappa shape index (κ1) is 28.0. The van der Waals surface area contributed by atoms with E-state index in [9.17, 15) is 18.0 Å². The molecular weight excluding hydrogens is 472 g/mol. The molecule has 35 heavy (non-hydrogen) atoms. The fourth-order valence-corrected chi connectivity index (χ4v) is 7.63. The lowest BCUT2D eigenvalue weighted by Gasteiger charge is -2.53. The average Bonchev–Trinajstić information content (AvgIpc) is 2.81. The maximum Gasteiger partial charge on any atom is 0.410 e. The highest BCUT2D eigenvalue weighted by molar-refractivity contribution is 7.91. The van der Waals surface area contributed by atoms with Crippen LogP contribution in [0.25, 0.3) is 0 Å². The van der Waals surface area contributed by atoms with Gasteiger partial charge in [-0.25, -0.2) is 18.0 Å². The van der Waals surface area contributed by atoms with Gasteiger partial charge in [-0.05, 0) is 90.3 Å². The van der Waals surface area contributed by atoms with Gasteiger partial charge in [-0.3, -0.25) is 4.90 Å². The van der Waals surface area contributed by atoms with E-state index < -0.39 is 9.84 Å². The molecule has 5 atom stereocenters. The molecular formula is C24H44N4O6S. The summed E-state index contributed by atoms with van der Waals surface area (Å²) in [5.74, 6) is 1.48. The number of nitrogens with two attached hydrogens (primary N) is 1. The van der Waals surface area contributed by atoms with Gasteiger partial charge in [0.05, 0.1) is 42.8 Å². The van der Waals surface area contributed by atoms with E-state index in [-0.39, 0.29) is 53.8 Å². The van der Waals surface area contributed by atoms with E-state index in [1.165, 1.54) is 7.11 Å². The molecule has 0 aromatic rings. The number of piperazine rings is 1. The second-order valence-corrected chi connectivity index (χ2v) is 13.1. The van der Waals surface area contributed by atoms with Gasteiger partial charge in [-0.1, -0.05) is 0 Å². The van der Waals surface area contributed by atoms with Gasteiger partial charge in [0.25, 0.3) is 0 Å². The highest BCUT2D eigenvalue weighted by Crippen LogP contribution is 2.39. The molecule has 0 spiro atoms. The molecule has 3 rings (SSSR count).